The average molecular weight is 296 g/mol. The molecule has 0 bridgehead atoms. The standard InChI is InChI=1S/C11H16N6O2S/c1-9-10(8-14-17(9)2)20(18,19)15-7-6-12-11-4-3-5-13-16-11/h3-5,8,15H,6-7H2,1-2H3,(H,12,16). The van der Waals surface area contributed by atoms with Gasteiger partial charge in [-0.3, -0.25) is 4.68 Å². The molecule has 2 N–H and O–H groups in total. The van der Waals surface area contributed by atoms with E-state index in [0.29, 0.717) is 18.1 Å². The lowest BCUT2D eigenvalue weighted by Crippen LogP contribution is -2.29. The first kappa shape index (κ1) is 14.4. The van der Waals surface area contributed by atoms with E-state index < -0.39 is 10.0 Å². The highest BCUT2D eigenvalue weighted by Gasteiger charge is 2.19. The van der Waals surface area contributed by atoms with Crippen molar-refractivity contribution in [2.45, 2.75) is 11.8 Å². The van der Waals surface area contributed by atoms with Crippen LogP contribution in [0.5, 0.6) is 0 Å². The zero-order valence-electron chi connectivity index (χ0n) is 11.2. The van der Waals surface area contributed by atoms with Crippen LogP contribution >= 0.6 is 0 Å². The maximum Gasteiger partial charge on any atom is 0.244 e. The third-order valence-electron chi connectivity index (χ3n) is 2.78. The van der Waals surface area contributed by atoms with Gasteiger partial charge in [0.05, 0.1) is 11.9 Å². The lowest BCUT2D eigenvalue weighted by molar-refractivity contribution is 0.581. The molecule has 0 amide bonds. The number of hydrogen-bond donors (Lipinski definition) is 2. The van der Waals surface area contributed by atoms with Crippen molar-refractivity contribution in [2.24, 2.45) is 7.05 Å². The molecule has 0 aliphatic carbocycles. The monoisotopic (exact) mass is 296 g/mol. The molecule has 2 heterocycles. The van der Waals surface area contributed by atoms with Crippen molar-refractivity contribution in [1.29, 1.82) is 0 Å². The predicted molar refractivity (Wildman–Crippen MR) is 73.7 cm³/mol. The molecule has 20 heavy (non-hydrogen) atoms. The highest BCUT2D eigenvalue weighted by atomic mass is 32.2. The first-order valence-corrected chi connectivity index (χ1v) is 7.49. The number of anilines is 1. The van der Waals surface area contributed by atoms with Crippen LogP contribution in [0.1, 0.15) is 5.69 Å². The van der Waals surface area contributed by atoms with Crippen LogP contribution in [-0.4, -0.2) is 41.5 Å². The zero-order chi connectivity index (χ0) is 14.6. The van der Waals surface area contributed by atoms with Crippen LogP contribution < -0.4 is 10.0 Å². The minimum absolute atomic E-state index is 0.194. The Morgan fingerprint density at radius 3 is 2.75 bits per heavy atom. The fourth-order valence-electron chi connectivity index (χ4n) is 1.59. The average Bonchev–Trinajstić information content (AvgIpc) is 2.77. The first-order valence-electron chi connectivity index (χ1n) is 6.00. The molecule has 0 spiro atoms. The Morgan fingerprint density at radius 2 is 2.15 bits per heavy atom. The maximum atomic E-state index is 12.1. The molecule has 0 radical (unpaired) electrons. The Kier molecular flexibility index (Phi) is 4.30. The van der Waals surface area contributed by atoms with Crippen LogP contribution in [0, 0.1) is 6.92 Å². The molecule has 8 nitrogen and oxygen atoms in total. The second kappa shape index (κ2) is 5.97. The molecular formula is C11H16N6O2S. The number of rotatable bonds is 6. The van der Waals surface area contributed by atoms with Crippen LogP contribution in [0.3, 0.4) is 0 Å². The number of nitrogens with one attached hydrogen (secondary N) is 2. The van der Waals surface area contributed by atoms with Crippen molar-refractivity contribution in [3.05, 3.63) is 30.2 Å². The number of sulfonamides is 1. The van der Waals surface area contributed by atoms with Gasteiger partial charge < -0.3 is 5.32 Å². The Morgan fingerprint density at radius 1 is 1.35 bits per heavy atom. The Labute approximate surface area is 117 Å². The molecule has 2 rings (SSSR count). The third kappa shape index (κ3) is 3.31. The van der Waals surface area contributed by atoms with Crippen LogP contribution in [0.2, 0.25) is 0 Å². The summed E-state index contributed by atoms with van der Waals surface area (Å²) >= 11 is 0. The molecule has 2 aromatic rings. The second-order valence-corrected chi connectivity index (χ2v) is 5.89. The van der Waals surface area contributed by atoms with E-state index in [4.69, 9.17) is 0 Å². The van der Waals surface area contributed by atoms with Gasteiger partial charge in [-0.2, -0.15) is 10.2 Å². The van der Waals surface area contributed by atoms with Gasteiger partial charge in [-0.15, -0.1) is 5.10 Å². The number of hydrogen-bond acceptors (Lipinski definition) is 6. The summed E-state index contributed by atoms with van der Waals surface area (Å²) in [5.74, 6) is 0.601. The van der Waals surface area contributed by atoms with Crippen LogP contribution in [0.4, 0.5) is 5.82 Å². The van der Waals surface area contributed by atoms with E-state index in [9.17, 15) is 8.42 Å². The van der Waals surface area contributed by atoms with Gasteiger partial charge in [0.2, 0.25) is 10.0 Å². The minimum Gasteiger partial charge on any atom is -0.367 e. The van der Waals surface area contributed by atoms with E-state index in [1.54, 1.807) is 32.3 Å². The van der Waals surface area contributed by atoms with Crippen LogP contribution in [-0.2, 0) is 17.1 Å². The van der Waals surface area contributed by atoms with Crippen molar-refractivity contribution >= 4 is 15.8 Å². The molecular weight excluding hydrogens is 280 g/mol. The molecule has 108 valence electrons. The lowest BCUT2D eigenvalue weighted by Gasteiger charge is -2.07. The quantitative estimate of drug-likeness (QED) is 0.722. The molecule has 0 aliphatic heterocycles. The van der Waals surface area contributed by atoms with Crippen LogP contribution in [0.25, 0.3) is 0 Å². The van der Waals surface area contributed by atoms with Gasteiger partial charge in [-0.1, -0.05) is 0 Å². The summed E-state index contributed by atoms with van der Waals surface area (Å²) in [5, 5.41) is 14.4. The van der Waals surface area contributed by atoms with E-state index in [0.717, 1.165) is 0 Å². The number of aryl methyl sites for hydroxylation is 1. The molecule has 0 aromatic carbocycles. The summed E-state index contributed by atoms with van der Waals surface area (Å²) in [4.78, 5) is 0.194. The van der Waals surface area contributed by atoms with Crippen molar-refractivity contribution < 1.29 is 8.42 Å². The maximum absolute atomic E-state index is 12.1. The van der Waals surface area contributed by atoms with Gasteiger partial charge in [-0.25, -0.2) is 13.1 Å². The zero-order valence-corrected chi connectivity index (χ0v) is 12.1. The molecule has 0 atom stereocenters. The number of nitrogens with zero attached hydrogens (tertiary/aromatic N) is 4. The normalized spacial score (nSPS) is 11.5. The Hall–Kier alpha value is -2.00. The van der Waals surface area contributed by atoms with Gasteiger partial charge >= 0.3 is 0 Å². The molecule has 2 aromatic heterocycles. The fraction of sp³-hybridized carbons (Fsp3) is 0.364. The summed E-state index contributed by atoms with van der Waals surface area (Å²) in [6, 6.07) is 3.51. The van der Waals surface area contributed by atoms with Crippen molar-refractivity contribution in [2.75, 3.05) is 18.4 Å². The van der Waals surface area contributed by atoms with Crippen molar-refractivity contribution in [3.8, 4) is 0 Å². The summed E-state index contributed by atoms with van der Waals surface area (Å²) in [5.41, 5.74) is 0.597. The lowest BCUT2D eigenvalue weighted by atomic mass is 10.5. The van der Waals surface area contributed by atoms with Gasteiger partial charge in [0.15, 0.2) is 0 Å². The summed E-state index contributed by atoms with van der Waals surface area (Å²) < 4.78 is 28.1. The molecule has 0 unspecified atom stereocenters. The molecule has 0 aliphatic rings. The van der Waals surface area contributed by atoms with Crippen molar-refractivity contribution in [1.82, 2.24) is 24.7 Å². The van der Waals surface area contributed by atoms with E-state index >= 15 is 0 Å². The topological polar surface area (TPSA) is 102 Å². The van der Waals surface area contributed by atoms with E-state index in [1.165, 1.54) is 10.9 Å². The van der Waals surface area contributed by atoms with E-state index in [2.05, 4.69) is 25.3 Å². The third-order valence-corrected chi connectivity index (χ3v) is 4.34. The van der Waals surface area contributed by atoms with E-state index in [-0.39, 0.29) is 11.4 Å². The van der Waals surface area contributed by atoms with E-state index in [1.807, 2.05) is 0 Å². The second-order valence-electron chi connectivity index (χ2n) is 4.15. The largest absolute Gasteiger partial charge is 0.367 e. The van der Waals surface area contributed by atoms with Gasteiger partial charge in [0.1, 0.15) is 10.7 Å². The predicted octanol–water partition coefficient (Wildman–Crippen LogP) is -0.0911. The Balaban J connectivity index is 1.89. The molecule has 0 saturated carbocycles. The summed E-state index contributed by atoms with van der Waals surface area (Å²) in [6.07, 6.45) is 2.91. The van der Waals surface area contributed by atoms with Gasteiger partial charge in [0, 0.05) is 26.3 Å². The van der Waals surface area contributed by atoms with Gasteiger partial charge in [0.25, 0.3) is 0 Å². The van der Waals surface area contributed by atoms with Gasteiger partial charge in [-0.05, 0) is 19.1 Å². The molecule has 0 saturated heterocycles. The SMILES string of the molecule is Cc1c(S(=O)(=O)NCCNc2cccnn2)cnn1C. The highest BCUT2D eigenvalue weighted by Crippen LogP contribution is 2.12. The smallest absolute Gasteiger partial charge is 0.244 e. The van der Waals surface area contributed by atoms with Crippen molar-refractivity contribution in [3.63, 3.8) is 0 Å². The molecule has 0 fully saturated rings. The minimum atomic E-state index is -3.53. The summed E-state index contributed by atoms with van der Waals surface area (Å²) in [7, 11) is -1.84. The Bertz CT molecular complexity index is 667. The van der Waals surface area contributed by atoms with Crippen LogP contribution in [0.15, 0.2) is 29.4 Å². The number of aromatic nitrogens is 4. The highest BCUT2D eigenvalue weighted by molar-refractivity contribution is 7.89. The summed E-state index contributed by atoms with van der Waals surface area (Å²) in [6.45, 7) is 2.36. The fourth-order valence-corrected chi connectivity index (χ4v) is 2.83. The first-order chi connectivity index (χ1) is 9.50. The molecule has 9 heteroatoms.